The summed E-state index contributed by atoms with van der Waals surface area (Å²) in [4.78, 5) is 0. The monoisotopic (exact) mass is 223 g/mol. The first-order chi connectivity index (χ1) is 7.75. The van der Waals surface area contributed by atoms with E-state index in [4.69, 9.17) is 0 Å². The zero-order valence-corrected chi connectivity index (χ0v) is 11.2. The Labute approximate surface area is 101 Å². The third-order valence-corrected chi connectivity index (χ3v) is 4.97. The molecule has 1 heteroatoms. The van der Waals surface area contributed by atoms with Crippen LogP contribution < -0.4 is 5.32 Å². The molecule has 0 aromatic heterocycles. The first-order valence-corrected chi connectivity index (χ1v) is 7.49. The van der Waals surface area contributed by atoms with E-state index in [1.165, 1.54) is 57.9 Å². The van der Waals surface area contributed by atoms with E-state index in [9.17, 15) is 0 Å². The highest BCUT2D eigenvalue weighted by Gasteiger charge is 2.23. The summed E-state index contributed by atoms with van der Waals surface area (Å²) < 4.78 is 0. The number of hydrogen-bond donors (Lipinski definition) is 1. The largest absolute Gasteiger partial charge is 0.314 e. The average Bonchev–Trinajstić information content (AvgIpc) is 2.81. The SMILES string of the molecule is CC1CCC(CN[C@H](C)C2CCCC2)CC1. The molecule has 16 heavy (non-hydrogen) atoms. The van der Waals surface area contributed by atoms with E-state index < -0.39 is 0 Å². The lowest BCUT2D eigenvalue weighted by atomic mass is 9.83. The maximum atomic E-state index is 3.81. The van der Waals surface area contributed by atoms with Crippen molar-refractivity contribution in [2.45, 2.75) is 71.3 Å². The van der Waals surface area contributed by atoms with Crippen LogP contribution in [0.15, 0.2) is 0 Å². The van der Waals surface area contributed by atoms with Crippen molar-refractivity contribution >= 4 is 0 Å². The zero-order valence-electron chi connectivity index (χ0n) is 11.2. The lowest BCUT2D eigenvalue weighted by molar-refractivity contribution is 0.263. The fourth-order valence-corrected chi connectivity index (χ4v) is 3.51. The Morgan fingerprint density at radius 2 is 1.62 bits per heavy atom. The fraction of sp³-hybridized carbons (Fsp3) is 1.00. The highest BCUT2D eigenvalue weighted by molar-refractivity contribution is 4.79. The normalized spacial score (nSPS) is 34.1. The van der Waals surface area contributed by atoms with Crippen LogP contribution in [-0.2, 0) is 0 Å². The predicted octanol–water partition coefficient (Wildman–Crippen LogP) is 3.98. The zero-order chi connectivity index (χ0) is 11.4. The molecule has 0 aromatic rings. The van der Waals surface area contributed by atoms with Gasteiger partial charge >= 0.3 is 0 Å². The van der Waals surface area contributed by atoms with Gasteiger partial charge in [0, 0.05) is 6.04 Å². The molecule has 0 aliphatic heterocycles. The van der Waals surface area contributed by atoms with E-state index in [0.29, 0.717) is 0 Å². The molecule has 0 unspecified atom stereocenters. The number of rotatable bonds is 4. The van der Waals surface area contributed by atoms with Crippen LogP contribution in [0.25, 0.3) is 0 Å². The Hall–Kier alpha value is -0.0400. The van der Waals surface area contributed by atoms with Gasteiger partial charge in [0.2, 0.25) is 0 Å². The predicted molar refractivity (Wildman–Crippen MR) is 70.5 cm³/mol. The van der Waals surface area contributed by atoms with Crippen LogP contribution in [0, 0.1) is 17.8 Å². The van der Waals surface area contributed by atoms with E-state index in [1.807, 2.05) is 0 Å². The highest BCUT2D eigenvalue weighted by atomic mass is 14.9. The second-order valence-corrected chi connectivity index (χ2v) is 6.37. The van der Waals surface area contributed by atoms with Gasteiger partial charge in [0.25, 0.3) is 0 Å². The molecule has 2 aliphatic carbocycles. The van der Waals surface area contributed by atoms with Crippen molar-refractivity contribution in [3.05, 3.63) is 0 Å². The Balaban J connectivity index is 1.62. The highest BCUT2D eigenvalue weighted by Crippen LogP contribution is 2.30. The Morgan fingerprint density at radius 3 is 2.25 bits per heavy atom. The van der Waals surface area contributed by atoms with Crippen LogP contribution in [-0.4, -0.2) is 12.6 Å². The first kappa shape index (κ1) is 12.4. The van der Waals surface area contributed by atoms with Crippen molar-refractivity contribution < 1.29 is 0 Å². The minimum atomic E-state index is 0.766. The summed E-state index contributed by atoms with van der Waals surface area (Å²) in [5.74, 6) is 2.94. The van der Waals surface area contributed by atoms with Crippen molar-refractivity contribution in [2.75, 3.05) is 6.54 Å². The van der Waals surface area contributed by atoms with Gasteiger partial charge in [-0.15, -0.1) is 0 Å². The van der Waals surface area contributed by atoms with Crippen molar-refractivity contribution in [1.82, 2.24) is 5.32 Å². The molecule has 2 rings (SSSR count). The molecule has 1 N–H and O–H groups in total. The molecule has 1 nitrogen and oxygen atoms in total. The van der Waals surface area contributed by atoms with Crippen LogP contribution in [0.3, 0.4) is 0 Å². The van der Waals surface area contributed by atoms with Crippen molar-refractivity contribution in [3.8, 4) is 0 Å². The van der Waals surface area contributed by atoms with Gasteiger partial charge in [0.1, 0.15) is 0 Å². The van der Waals surface area contributed by atoms with Gasteiger partial charge in [-0.2, -0.15) is 0 Å². The molecule has 0 spiro atoms. The Kier molecular flexibility index (Phi) is 4.69. The fourth-order valence-electron chi connectivity index (χ4n) is 3.51. The molecular formula is C15H29N. The van der Waals surface area contributed by atoms with Gasteiger partial charge in [-0.25, -0.2) is 0 Å². The van der Waals surface area contributed by atoms with E-state index >= 15 is 0 Å². The standard InChI is InChI=1S/C15H29N/c1-12-7-9-14(10-8-12)11-16-13(2)15-5-3-4-6-15/h12-16H,3-11H2,1-2H3/t12?,13-,14?/m1/s1. The Bertz CT molecular complexity index is 188. The van der Waals surface area contributed by atoms with E-state index in [-0.39, 0.29) is 0 Å². The molecule has 0 bridgehead atoms. The van der Waals surface area contributed by atoms with Gasteiger partial charge < -0.3 is 5.32 Å². The summed E-state index contributed by atoms with van der Waals surface area (Å²) in [5, 5.41) is 3.81. The molecule has 94 valence electrons. The molecule has 1 atom stereocenters. The van der Waals surface area contributed by atoms with E-state index in [2.05, 4.69) is 19.2 Å². The average molecular weight is 223 g/mol. The third kappa shape index (κ3) is 3.48. The van der Waals surface area contributed by atoms with Crippen molar-refractivity contribution in [2.24, 2.45) is 17.8 Å². The molecule has 0 radical (unpaired) electrons. The summed E-state index contributed by atoms with van der Waals surface area (Å²) in [6, 6.07) is 0.766. The van der Waals surface area contributed by atoms with Gasteiger partial charge in [-0.1, -0.05) is 32.6 Å². The third-order valence-electron chi connectivity index (χ3n) is 4.97. The lowest BCUT2D eigenvalue weighted by Crippen LogP contribution is -2.36. The molecule has 2 aliphatic rings. The first-order valence-electron chi connectivity index (χ1n) is 7.49. The summed E-state index contributed by atoms with van der Waals surface area (Å²) in [7, 11) is 0. The second kappa shape index (κ2) is 6.05. The summed E-state index contributed by atoms with van der Waals surface area (Å²) in [6.45, 7) is 6.09. The van der Waals surface area contributed by atoms with Gasteiger partial charge in [-0.3, -0.25) is 0 Å². The maximum absolute atomic E-state index is 3.81. The van der Waals surface area contributed by atoms with Crippen LogP contribution in [0.5, 0.6) is 0 Å². The number of nitrogens with one attached hydrogen (secondary N) is 1. The molecule has 0 aromatic carbocycles. The minimum absolute atomic E-state index is 0.766. The molecule has 0 amide bonds. The molecule has 0 saturated heterocycles. The van der Waals surface area contributed by atoms with Crippen molar-refractivity contribution in [1.29, 1.82) is 0 Å². The summed E-state index contributed by atoms with van der Waals surface area (Å²) >= 11 is 0. The topological polar surface area (TPSA) is 12.0 Å². The van der Waals surface area contributed by atoms with E-state index in [1.54, 1.807) is 0 Å². The van der Waals surface area contributed by atoms with Gasteiger partial charge in [0.05, 0.1) is 0 Å². The Morgan fingerprint density at radius 1 is 1.00 bits per heavy atom. The molecule has 2 fully saturated rings. The minimum Gasteiger partial charge on any atom is -0.314 e. The smallest absolute Gasteiger partial charge is 0.00671 e. The van der Waals surface area contributed by atoms with Crippen LogP contribution >= 0.6 is 0 Å². The van der Waals surface area contributed by atoms with Gasteiger partial charge in [-0.05, 0) is 56.9 Å². The second-order valence-electron chi connectivity index (χ2n) is 6.37. The lowest BCUT2D eigenvalue weighted by Gasteiger charge is -2.29. The van der Waals surface area contributed by atoms with Crippen LogP contribution in [0.2, 0.25) is 0 Å². The van der Waals surface area contributed by atoms with Crippen LogP contribution in [0.4, 0.5) is 0 Å². The van der Waals surface area contributed by atoms with Gasteiger partial charge in [0.15, 0.2) is 0 Å². The summed E-state index contributed by atoms with van der Waals surface area (Å²) in [5.41, 5.74) is 0. The van der Waals surface area contributed by atoms with Crippen molar-refractivity contribution in [3.63, 3.8) is 0 Å². The molecule has 0 heterocycles. The molecule has 2 saturated carbocycles. The molecular weight excluding hydrogens is 194 g/mol. The quantitative estimate of drug-likeness (QED) is 0.760. The maximum Gasteiger partial charge on any atom is 0.00671 e. The number of hydrogen-bond acceptors (Lipinski definition) is 1. The van der Waals surface area contributed by atoms with Crippen LogP contribution in [0.1, 0.15) is 65.2 Å². The summed E-state index contributed by atoms with van der Waals surface area (Å²) in [6.07, 6.45) is 11.7. The van der Waals surface area contributed by atoms with E-state index in [0.717, 1.165) is 23.8 Å².